The minimum absolute atomic E-state index is 0. The number of benzene rings is 1. The van der Waals surface area contributed by atoms with Gasteiger partial charge in [-0.3, -0.25) is 4.90 Å². The van der Waals surface area contributed by atoms with Gasteiger partial charge >= 0.3 is 0 Å². The van der Waals surface area contributed by atoms with Crippen LogP contribution >= 0.6 is 24.0 Å². The molecule has 0 atom stereocenters. The van der Waals surface area contributed by atoms with Crippen molar-refractivity contribution in [1.29, 1.82) is 0 Å². The predicted octanol–water partition coefficient (Wildman–Crippen LogP) is 2.47. The molecular formula is C12H18Cl2N2. The van der Waals surface area contributed by atoms with E-state index in [1.54, 1.807) is 0 Å². The van der Waals surface area contributed by atoms with Gasteiger partial charge in [0, 0.05) is 44.3 Å². The lowest BCUT2D eigenvalue weighted by atomic mass is 10.2. The first-order chi connectivity index (χ1) is 7.40. The van der Waals surface area contributed by atoms with Gasteiger partial charge in [0.1, 0.15) is 0 Å². The molecule has 1 heterocycles. The van der Waals surface area contributed by atoms with Gasteiger partial charge in [-0.1, -0.05) is 18.2 Å². The normalized spacial score (nSPS) is 16.9. The molecule has 0 aliphatic carbocycles. The molecule has 0 aromatic heterocycles. The highest BCUT2D eigenvalue weighted by Crippen LogP contribution is 2.15. The SMILES string of the molecule is Cl.ClCCN1CCN(c2ccccc2)CC1. The summed E-state index contributed by atoms with van der Waals surface area (Å²) in [4.78, 5) is 4.86. The van der Waals surface area contributed by atoms with E-state index in [2.05, 4.69) is 40.1 Å². The van der Waals surface area contributed by atoms with Gasteiger partial charge in [0.2, 0.25) is 0 Å². The van der Waals surface area contributed by atoms with Crippen LogP contribution in [0.1, 0.15) is 0 Å². The van der Waals surface area contributed by atoms with Gasteiger partial charge in [-0.2, -0.15) is 0 Å². The van der Waals surface area contributed by atoms with E-state index >= 15 is 0 Å². The number of hydrogen-bond donors (Lipinski definition) is 0. The summed E-state index contributed by atoms with van der Waals surface area (Å²) in [6.07, 6.45) is 0. The van der Waals surface area contributed by atoms with Gasteiger partial charge in [0.05, 0.1) is 0 Å². The van der Waals surface area contributed by atoms with Crippen molar-refractivity contribution in [3.05, 3.63) is 30.3 Å². The van der Waals surface area contributed by atoms with Gasteiger partial charge in [0.15, 0.2) is 0 Å². The highest BCUT2D eigenvalue weighted by molar-refractivity contribution is 6.18. The average Bonchev–Trinajstić information content (AvgIpc) is 2.32. The second-order valence-electron chi connectivity index (χ2n) is 3.85. The molecule has 0 bridgehead atoms. The van der Waals surface area contributed by atoms with Crippen molar-refractivity contribution in [2.45, 2.75) is 0 Å². The van der Waals surface area contributed by atoms with E-state index in [0.717, 1.165) is 38.6 Å². The minimum Gasteiger partial charge on any atom is -0.369 e. The average molecular weight is 261 g/mol. The number of hydrogen-bond acceptors (Lipinski definition) is 2. The number of rotatable bonds is 3. The molecule has 16 heavy (non-hydrogen) atoms. The fourth-order valence-electron chi connectivity index (χ4n) is 1.99. The van der Waals surface area contributed by atoms with Crippen LogP contribution in [0.4, 0.5) is 5.69 Å². The predicted molar refractivity (Wildman–Crippen MR) is 73.1 cm³/mol. The number of alkyl halides is 1. The number of piperazine rings is 1. The van der Waals surface area contributed by atoms with Crippen LogP contribution in [0.25, 0.3) is 0 Å². The largest absolute Gasteiger partial charge is 0.369 e. The lowest BCUT2D eigenvalue weighted by Crippen LogP contribution is -2.46. The van der Waals surface area contributed by atoms with Crippen molar-refractivity contribution in [2.24, 2.45) is 0 Å². The second kappa shape index (κ2) is 7.00. The molecule has 2 nitrogen and oxygen atoms in total. The van der Waals surface area contributed by atoms with Crippen molar-refractivity contribution in [2.75, 3.05) is 43.5 Å². The van der Waals surface area contributed by atoms with Crippen molar-refractivity contribution < 1.29 is 0 Å². The van der Waals surface area contributed by atoms with E-state index in [1.807, 2.05) is 0 Å². The Bertz CT molecular complexity index is 284. The molecule has 1 aliphatic rings. The third-order valence-corrected chi connectivity index (χ3v) is 3.06. The molecule has 1 fully saturated rings. The fourth-order valence-corrected chi connectivity index (χ4v) is 2.23. The van der Waals surface area contributed by atoms with Gasteiger partial charge in [-0.15, -0.1) is 24.0 Å². The van der Waals surface area contributed by atoms with Gasteiger partial charge in [-0.25, -0.2) is 0 Å². The summed E-state index contributed by atoms with van der Waals surface area (Å²) in [5, 5.41) is 0. The van der Waals surface area contributed by atoms with Gasteiger partial charge < -0.3 is 4.90 Å². The summed E-state index contributed by atoms with van der Waals surface area (Å²) >= 11 is 5.73. The van der Waals surface area contributed by atoms with Crippen LogP contribution in [0.5, 0.6) is 0 Å². The van der Waals surface area contributed by atoms with E-state index in [-0.39, 0.29) is 12.4 Å². The van der Waals surface area contributed by atoms with Crippen molar-refractivity contribution >= 4 is 29.7 Å². The molecule has 0 spiro atoms. The van der Waals surface area contributed by atoms with E-state index in [9.17, 15) is 0 Å². The van der Waals surface area contributed by atoms with Crippen LogP contribution in [0.2, 0.25) is 0 Å². The third-order valence-electron chi connectivity index (χ3n) is 2.89. The van der Waals surface area contributed by atoms with Crippen LogP contribution in [0, 0.1) is 0 Å². The smallest absolute Gasteiger partial charge is 0.0367 e. The Morgan fingerprint density at radius 3 is 2.19 bits per heavy atom. The highest BCUT2D eigenvalue weighted by atomic mass is 35.5. The lowest BCUT2D eigenvalue weighted by molar-refractivity contribution is 0.272. The molecule has 0 radical (unpaired) electrons. The summed E-state index contributed by atoms with van der Waals surface area (Å²) in [6, 6.07) is 10.6. The molecule has 0 N–H and O–H groups in total. The minimum atomic E-state index is 0. The van der Waals surface area contributed by atoms with E-state index in [0.29, 0.717) is 0 Å². The monoisotopic (exact) mass is 260 g/mol. The molecular weight excluding hydrogens is 243 g/mol. The van der Waals surface area contributed by atoms with Crippen LogP contribution < -0.4 is 4.90 Å². The molecule has 0 amide bonds. The van der Waals surface area contributed by atoms with E-state index in [4.69, 9.17) is 11.6 Å². The first-order valence-electron chi connectivity index (χ1n) is 5.48. The summed E-state index contributed by atoms with van der Waals surface area (Å²) in [7, 11) is 0. The lowest BCUT2D eigenvalue weighted by Gasteiger charge is -2.35. The molecule has 4 heteroatoms. The third kappa shape index (κ3) is 3.55. The van der Waals surface area contributed by atoms with E-state index < -0.39 is 0 Å². The van der Waals surface area contributed by atoms with Crippen molar-refractivity contribution in [3.8, 4) is 0 Å². The maximum Gasteiger partial charge on any atom is 0.0367 e. The molecule has 0 saturated carbocycles. The van der Waals surface area contributed by atoms with Gasteiger partial charge in [0.25, 0.3) is 0 Å². The summed E-state index contributed by atoms with van der Waals surface area (Å²) in [5.74, 6) is 0.741. The Labute approximate surface area is 109 Å². The Morgan fingerprint density at radius 2 is 1.62 bits per heavy atom. The molecule has 1 saturated heterocycles. The molecule has 0 unspecified atom stereocenters. The zero-order valence-electron chi connectivity index (χ0n) is 9.31. The number of anilines is 1. The molecule has 90 valence electrons. The van der Waals surface area contributed by atoms with Crippen LogP contribution in [-0.4, -0.2) is 43.5 Å². The fraction of sp³-hybridized carbons (Fsp3) is 0.500. The quantitative estimate of drug-likeness (QED) is 0.771. The van der Waals surface area contributed by atoms with Crippen molar-refractivity contribution in [1.82, 2.24) is 4.90 Å². The van der Waals surface area contributed by atoms with E-state index in [1.165, 1.54) is 5.69 Å². The highest BCUT2D eigenvalue weighted by Gasteiger charge is 2.15. The second-order valence-corrected chi connectivity index (χ2v) is 4.23. The zero-order chi connectivity index (χ0) is 10.5. The topological polar surface area (TPSA) is 6.48 Å². The van der Waals surface area contributed by atoms with Crippen LogP contribution in [0.15, 0.2) is 30.3 Å². The summed E-state index contributed by atoms with van der Waals surface area (Å²) in [6.45, 7) is 5.50. The Morgan fingerprint density at radius 1 is 1.00 bits per heavy atom. The maximum atomic E-state index is 5.73. The Hall–Kier alpha value is -0.440. The molecule has 1 aliphatic heterocycles. The molecule has 1 aromatic carbocycles. The number of nitrogens with zero attached hydrogens (tertiary/aromatic N) is 2. The molecule has 1 aromatic rings. The maximum absolute atomic E-state index is 5.73. The Kier molecular flexibility index (Phi) is 5.96. The van der Waals surface area contributed by atoms with Crippen LogP contribution in [-0.2, 0) is 0 Å². The zero-order valence-corrected chi connectivity index (χ0v) is 10.9. The van der Waals surface area contributed by atoms with Crippen molar-refractivity contribution in [3.63, 3.8) is 0 Å². The number of halogens is 2. The molecule has 2 rings (SSSR count). The number of para-hydroxylation sites is 1. The summed E-state index contributed by atoms with van der Waals surface area (Å²) < 4.78 is 0. The standard InChI is InChI=1S/C12H17ClN2.ClH/c13-6-7-14-8-10-15(11-9-14)12-4-2-1-3-5-12;/h1-5H,6-11H2;1H. The summed E-state index contributed by atoms with van der Waals surface area (Å²) in [5.41, 5.74) is 1.34. The Balaban J connectivity index is 0.00000128. The van der Waals surface area contributed by atoms with Crippen LogP contribution in [0.3, 0.4) is 0 Å². The first kappa shape index (κ1) is 13.6. The first-order valence-corrected chi connectivity index (χ1v) is 6.02. The van der Waals surface area contributed by atoms with Gasteiger partial charge in [-0.05, 0) is 12.1 Å².